The van der Waals surface area contributed by atoms with Gasteiger partial charge in [0.15, 0.2) is 0 Å². The summed E-state index contributed by atoms with van der Waals surface area (Å²) in [6, 6.07) is 36.7. The van der Waals surface area contributed by atoms with Crippen molar-refractivity contribution in [3.05, 3.63) is 181 Å². The van der Waals surface area contributed by atoms with Gasteiger partial charge in [0, 0.05) is 24.0 Å². The fraction of sp³-hybridized carbons (Fsp3) is 0.0732. The molecule has 0 unspecified atom stereocenters. The lowest BCUT2D eigenvalue weighted by Crippen LogP contribution is -1.91. The number of hydrogen-bond donors (Lipinski definition) is 0. The van der Waals surface area contributed by atoms with Crippen molar-refractivity contribution in [1.29, 1.82) is 10.5 Å². The largest absolute Gasteiger partial charge is 0.193 e. The number of nitrogens with zero attached hydrogens (tertiary/aromatic N) is 2. The van der Waals surface area contributed by atoms with Crippen LogP contribution in [0.2, 0.25) is 0 Å². The lowest BCUT2D eigenvalue weighted by Gasteiger charge is -2.13. The molecule has 2 nitrogen and oxygen atoms in total. The molecule has 4 rings (SSSR count). The number of hydrogen-bond acceptors (Lipinski definition) is 2. The Morgan fingerprint density at radius 1 is 0.512 bits per heavy atom. The number of allylic oxidation sites excluding steroid dienone is 9. The van der Waals surface area contributed by atoms with Crippen LogP contribution in [0.15, 0.2) is 164 Å². The molecule has 0 atom stereocenters. The first-order chi connectivity index (χ1) is 21.1. The second kappa shape index (κ2) is 15.3. The van der Waals surface area contributed by atoms with Gasteiger partial charge in [0.05, 0.1) is 12.1 Å². The molecule has 0 aliphatic rings. The zero-order valence-corrected chi connectivity index (χ0v) is 24.3. The molecule has 4 aromatic carbocycles. The van der Waals surface area contributed by atoms with E-state index >= 15 is 0 Å². The van der Waals surface area contributed by atoms with Crippen molar-refractivity contribution in [1.82, 2.24) is 0 Å². The minimum Gasteiger partial charge on any atom is -0.193 e. The van der Waals surface area contributed by atoms with Crippen molar-refractivity contribution in [2.24, 2.45) is 0 Å². The highest BCUT2D eigenvalue weighted by Gasteiger charge is 2.09. The maximum absolute atomic E-state index is 9.40. The Hall–Kier alpha value is -5.70. The van der Waals surface area contributed by atoms with E-state index in [1.165, 1.54) is 5.56 Å². The molecule has 0 radical (unpaired) electrons. The van der Waals surface area contributed by atoms with Crippen LogP contribution in [0, 0.1) is 22.7 Å². The Morgan fingerprint density at radius 2 is 0.884 bits per heavy atom. The van der Waals surface area contributed by atoms with Crippen LogP contribution in [0.4, 0.5) is 0 Å². The monoisotopic (exact) mass is 554 g/mol. The smallest absolute Gasteiger partial charge is 0.0950 e. The summed E-state index contributed by atoms with van der Waals surface area (Å²) in [5, 5.41) is 18.8. The number of benzene rings is 4. The minimum atomic E-state index is 0.574. The first-order valence-electron chi connectivity index (χ1n) is 14.2. The van der Waals surface area contributed by atoms with E-state index in [0.29, 0.717) is 24.0 Å². The summed E-state index contributed by atoms with van der Waals surface area (Å²) < 4.78 is 0. The zero-order valence-electron chi connectivity index (χ0n) is 24.3. The lowest BCUT2D eigenvalue weighted by molar-refractivity contribution is 1.20. The third-order valence-corrected chi connectivity index (χ3v) is 7.13. The van der Waals surface area contributed by atoms with Crippen LogP contribution in [0.25, 0.3) is 33.4 Å². The summed E-state index contributed by atoms with van der Waals surface area (Å²) in [4.78, 5) is 0. The Bertz CT molecular complexity index is 1660. The van der Waals surface area contributed by atoms with Gasteiger partial charge in [-0.05, 0) is 86.8 Å². The molecular formula is C41H34N2. The van der Waals surface area contributed by atoms with Gasteiger partial charge in [-0.2, -0.15) is 10.5 Å². The van der Waals surface area contributed by atoms with Crippen LogP contribution in [0.5, 0.6) is 0 Å². The van der Waals surface area contributed by atoms with Crippen LogP contribution in [0.1, 0.15) is 16.7 Å². The van der Waals surface area contributed by atoms with E-state index in [0.717, 1.165) is 50.9 Å². The molecule has 0 aromatic heterocycles. The second-order valence-electron chi connectivity index (χ2n) is 10.2. The van der Waals surface area contributed by atoms with E-state index in [1.54, 1.807) is 30.4 Å². The quantitative estimate of drug-likeness (QED) is 0.129. The molecule has 0 spiro atoms. The molecule has 0 bridgehead atoms. The molecule has 0 fully saturated rings. The summed E-state index contributed by atoms with van der Waals surface area (Å²) >= 11 is 0. The van der Waals surface area contributed by atoms with E-state index in [2.05, 4.69) is 129 Å². The SMILES string of the molecule is C=C/C=C\Cc1ccc(-c2cc(-c3ccc(C/C(C#N)=C\C=C)cc3)cc(-c3ccc(C/C(C#N)=C\C=C)cc3)c2)cc1. The normalized spacial score (nSPS) is 11.5. The van der Waals surface area contributed by atoms with Crippen molar-refractivity contribution in [3.8, 4) is 45.5 Å². The van der Waals surface area contributed by atoms with Crippen molar-refractivity contribution in [2.45, 2.75) is 19.3 Å². The van der Waals surface area contributed by atoms with Crippen molar-refractivity contribution in [3.63, 3.8) is 0 Å². The van der Waals surface area contributed by atoms with Crippen molar-refractivity contribution in [2.75, 3.05) is 0 Å². The van der Waals surface area contributed by atoms with Crippen molar-refractivity contribution >= 4 is 0 Å². The van der Waals surface area contributed by atoms with Crippen LogP contribution in [0.3, 0.4) is 0 Å². The van der Waals surface area contributed by atoms with Gasteiger partial charge >= 0.3 is 0 Å². The molecule has 208 valence electrons. The maximum Gasteiger partial charge on any atom is 0.0950 e. The highest BCUT2D eigenvalue weighted by Crippen LogP contribution is 2.33. The van der Waals surface area contributed by atoms with Crippen molar-refractivity contribution < 1.29 is 0 Å². The van der Waals surface area contributed by atoms with Crippen LogP contribution >= 0.6 is 0 Å². The Labute approximate surface area is 255 Å². The molecule has 0 heterocycles. The van der Waals surface area contributed by atoms with Gasteiger partial charge in [0.25, 0.3) is 0 Å². The van der Waals surface area contributed by atoms with E-state index in [-0.39, 0.29) is 0 Å². The average molecular weight is 555 g/mol. The number of nitriles is 2. The molecule has 4 aromatic rings. The summed E-state index contributed by atoms with van der Waals surface area (Å²) in [6.07, 6.45) is 14.7. The Balaban J connectivity index is 1.72. The fourth-order valence-electron chi connectivity index (χ4n) is 4.89. The number of rotatable bonds is 12. The highest BCUT2D eigenvalue weighted by molar-refractivity contribution is 5.81. The summed E-state index contributed by atoms with van der Waals surface area (Å²) in [5.41, 5.74) is 11.5. The van der Waals surface area contributed by atoms with Crippen LogP contribution in [-0.2, 0) is 19.3 Å². The topological polar surface area (TPSA) is 47.6 Å². The Kier molecular flexibility index (Phi) is 10.8. The molecule has 0 amide bonds. The Morgan fingerprint density at radius 3 is 1.21 bits per heavy atom. The fourth-order valence-corrected chi connectivity index (χ4v) is 4.89. The molecule has 0 aliphatic heterocycles. The van der Waals surface area contributed by atoms with Gasteiger partial charge in [-0.15, -0.1) is 0 Å². The summed E-state index contributed by atoms with van der Waals surface area (Å²) in [7, 11) is 0. The molecule has 2 heteroatoms. The molecule has 0 N–H and O–H groups in total. The van der Waals surface area contributed by atoms with Crippen LogP contribution in [-0.4, -0.2) is 0 Å². The summed E-state index contributed by atoms with van der Waals surface area (Å²) in [6.45, 7) is 11.2. The first-order valence-corrected chi connectivity index (χ1v) is 14.2. The molecule has 43 heavy (non-hydrogen) atoms. The van der Waals surface area contributed by atoms with Gasteiger partial charge < -0.3 is 0 Å². The predicted molar refractivity (Wildman–Crippen MR) is 181 cm³/mol. The lowest BCUT2D eigenvalue weighted by atomic mass is 9.92. The minimum absolute atomic E-state index is 0.574. The molecule has 0 saturated heterocycles. The van der Waals surface area contributed by atoms with Gasteiger partial charge in [-0.3, -0.25) is 0 Å². The molecule has 0 aliphatic carbocycles. The summed E-state index contributed by atoms with van der Waals surface area (Å²) in [5.74, 6) is 0. The highest BCUT2D eigenvalue weighted by atomic mass is 14.2. The van der Waals surface area contributed by atoms with E-state index in [9.17, 15) is 10.5 Å². The van der Waals surface area contributed by atoms with E-state index in [4.69, 9.17) is 0 Å². The third kappa shape index (κ3) is 8.40. The van der Waals surface area contributed by atoms with Gasteiger partial charge in [0.2, 0.25) is 0 Å². The van der Waals surface area contributed by atoms with Gasteiger partial charge in [-0.1, -0.05) is 123 Å². The van der Waals surface area contributed by atoms with Gasteiger partial charge in [0.1, 0.15) is 0 Å². The van der Waals surface area contributed by atoms with E-state index in [1.807, 2.05) is 6.08 Å². The van der Waals surface area contributed by atoms with E-state index < -0.39 is 0 Å². The standard InChI is InChI=1S/C41H34N2/c1-4-7-8-11-31-12-18-36(19-13-31)39-26-40(37-20-14-32(15-21-37)24-34(29-42)9-5-2)28-41(27-39)38-22-16-33(17-23-38)25-35(30-43)10-6-3/h4-10,12-23,26-28H,1-3,11,24-25H2/b8-7-,34-9+,35-10+. The third-order valence-electron chi connectivity index (χ3n) is 7.13. The first kappa shape index (κ1) is 30.3. The van der Waals surface area contributed by atoms with Gasteiger partial charge in [-0.25, -0.2) is 0 Å². The van der Waals surface area contributed by atoms with Crippen LogP contribution < -0.4 is 0 Å². The zero-order chi connectivity index (χ0) is 30.4. The second-order valence-corrected chi connectivity index (χ2v) is 10.2. The predicted octanol–water partition coefficient (Wildman–Crippen LogP) is 10.3. The molecular weight excluding hydrogens is 520 g/mol. The maximum atomic E-state index is 9.40. The average Bonchev–Trinajstić information content (AvgIpc) is 3.05. The molecule has 0 saturated carbocycles.